The molecule has 2 rings (SSSR count). The van der Waals surface area contributed by atoms with E-state index in [1.807, 2.05) is 18.2 Å². The molecular formula is C13H12Br2N2. The molecule has 1 aromatic carbocycles. The minimum atomic E-state index is 0.709. The predicted octanol–water partition coefficient (Wildman–Crippen LogP) is 4.53. The fourth-order valence-corrected chi connectivity index (χ4v) is 3.25. The highest BCUT2D eigenvalue weighted by atomic mass is 79.9. The van der Waals surface area contributed by atoms with Crippen molar-refractivity contribution >= 4 is 37.5 Å². The minimum Gasteiger partial charge on any atom is -0.378 e. The van der Waals surface area contributed by atoms with E-state index in [9.17, 15) is 0 Å². The van der Waals surface area contributed by atoms with E-state index in [1.54, 1.807) is 6.20 Å². The summed E-state index contributed by atoms with van der Waals surface area (Å²) in [6, 6.07) is 10.1. The summed E-state index contributed by atoms with van der Waals surface area (Å²) in [5, 5.41) is 3.37. The molecule has 0 aliphatic carbocycles. The Bertz CT molecular complexity index is 489. The molecule has 0 aliphatic rings. The van der Waals surface area contributed by atoms with E-state index >= 15 is 0 Å². The highest BCUT2D eigenvalue weighted by Crippen LogP contribution is 2.32. The molecule has 88 valence electrons. The lowest BCUT2D eigenvalue weighted by Gasteiger charge is -2.11. The molecule has 2 aromatic rings. The van der Waals surface area contributed by atoms with E-state index in [1.165, 1.54) is 5.56 Å². The van der Waals surface area contributed by atoms with Gasteiger partial charge in [0.05, 0.1) is 17.9 Å². The summed E-state index contributed by atoms with van der Waals surface area (Å²) in [7, 11) is 0. The predicted molar refractivity (Wildman–Crippen MR) is 78.1 cm³/mol. The zero-order valence-electron chi connectivity index (χ0n) is 9.37. The second-order valence-electron chi connectivity index (χ2n) is 3.78. The number of pyridine rings is 1. The zero-order valence-corrected chi connectivity index (χ0v) is 12.5. The number of nitrogens with zero attached hydrogens (tertiary/aromatic N) is 1. The molecule has 1 aromatic heterocycles. The first kappa shape index (κ1) is 12.6. The van der Waals surface area contributed by atoms with Crippen molar-refractivity contribution in [1.29, 1.82) is 0 Å². The molecule has 0 fully saturated rings. The Balaban J connectivity index is 2.15. The van der Waals surface area contributed by atoms with Gasteiger partial charge in [-0.1, -0.05) is 6.07 Å². The van der Waals surface area contributed by atoms with Gasteiger partial charge in [0.2, 0.25) is 0 Å². The number of rotatable bonds is 3. The first-order chi connectivity index (χ1) is 8.16. The maximum absolute atomic E-state index is 4.28. The quantitative estimate of drug-likeness (QED) is 0.875. The summed E-state index contributed by atoms with van der Waals surface area (Å²) >= 11 is 7.12. The van der Waals surface area contributed by atoms with E-state index in [0.29, 0.717) is 6.54 Å². The summed E-state index contributed by atoms with van der Waals surface area (Å²) in [5.74, 6) is 0. The summed E-state index contributed by atoms with van der Waals surface area (Å²) in [6.07, 6.45) is 1.80. The van der Waals surface area contributed by atoms with E-state index in [4.69, 9.17) is 0 Å². The van der Waals surface area contributed by atoms with Crippen LogP contribution in [0, 0.1) is 6.92 Å². The largest absolute Gasteiger partial charge is 0.378 e. The number of hydrogen-bond acceptors (Lipinski definition) is 2. The number of aromatic nitrogens is 1. The molecule has 0 bridgehead atoms. The van der Waals surface area contributed by atoms with Crippen LogP contribution in [0.2, 0.25) is 0 Å². The van der Waals surface area contributed by atoms with Crippen molar-refractivity contribution in [3.8, 4) is 0 Å². The van der Waals surface area contributed by atoms with Gasteiger partial charge in [-0.05, 0) is 68.6 Å². The van der Waals surface area contributed by atoms with Crippen LogP contribution in [-0.2, 0) is 6.54 Å². The fourth-order valence-electron chi connectivity index (χ4n) is 1.55. The Morgan fingerprint density at radius 2 is 1.88 bits per heavy atom. The molecule has 1 heterocycles. The van der Waals surface area contributed by atoms with Gasteiger partial charge in [-0.15, -0.1) is 0 Å². The van der Waals surface area contributed by atoms with Crippen molar-refractivity contribution in [2.75, 3.05) is 5.32 Å². The van der Waals surface area contributed by atoms with Gasteiger partial charge in [-0.25, -0.2) is 0 Å². The minimum absolute atomic E-state index is 0.709. The van der Waals surface area contributed by atoms with Crippen LogP contribution in [0.4, 0.5) is 5.69 Å². The number of benzene rings is 1. The molecule has 0 amide bonds. The lowest BCUT2D eigenvalue weighted by Crippen LogP contribution is -2.02. The van der Waals surface area contributed by atoms with Gasteiger partial charge >= 0.3 is 0 Å². The average Bonchev–Trinajstić information content (AvgIpc) is 2.29. The third-order valence-electron chi connectivity index (χ3n) is 2.36. The Labute approximate surface area is 118 Å². The molecule has 0 saturated carbocycles. The van der Waals surface area contributed by atoms with Crippen molar-refractivity contribution in [1.82, 2.24) is 4.98 Å². The van der Waals surface area contributed by atoms with E-state index in [0.717, 1.165) is 20.3 Å². The molecule has 0 unspecified atom stereocenters. The molecule has 0 aliphatic heterocycles. The van der Waals surface area contributed by atoms with Gasteiger partial charge in [-0.2, -0.15) is 0 Å². The normalized spacial score (nSPS) is 10.3. The molecule has 17 heavy (non-hydrogen) atoms. The number of halogens is 2. The summed E-state index contributed by atoms with van der Waals surface area (Å²) in [6.45, 7) is 2.78. The van der Waals surface area contributed by atoms with Crippen LogP contribution in [0.5, 0.6) is 0 Å². The Kier molecular flexibility index (Phi) is 4.18. The third-order valence-corrected chi connectivity index (χ3v) is 3.61. The van der Waals surface area contributed by atoms with Gasteiger partial charge in [0.15, 0.2) is 0 Å². The molecule has 0 saturated heterocycles. The van der Waals surface area contributed by atoms with Gasteiger partial charge in [-0.3, -0.25) is 4.98 Å². The van der Waals surface area contributed by atoms with Crippen LogP contribution in [0.15, 0.2) is 45.5 Å². The highest BCUT2D eigenvalue weighted by Gasteiger charge is 2.05. The SMILES string of the molecule is Cc1cc(Br)c(NCc2ccccn2)c(Br)c1. The second kappa shape index (κ2) is 5.65. The van der Waals surface area contributed by atoms with Crippen molar-refractivity contribution in [2.45, 2.75) is 13.5 Å². The first-order valence-corrected chi connectivity index (χ1v) is 6.85. The first-order valence-electron chi connectivity index (χ1n) is 5.26. The number of nitrogens with one attached hydrogen (secondary N) is 1. The number of hydrogen-bond donors (Lipinski definition) is 1. The second-order valence-corrected chi connectivity index (χ2v) is 5.49. The summed E-state index contributed by atoms with van der Waals surface area (Å²) in [5.41, 5.74) is 3.29. The molecule has 0 radical (unpaired) electrons. The third kappa shape index (κ3) is 3.30. The average molecular weight is 356 g/mol. The Morgan fingerprint density at radius 1 is 1.18 bits per heavy atom. The maximum atomic E-state index is 4.28. The van der Waals surface area contributed by atoms with Crippen LogP contribution in [0.1, 0.15) is 11.3 Å². The van der Waals surface area contributed by atoms with Gasteiger partial charge in [0.1, 0.15) is 0 Å². The topological polar surface area (TPSA) is 24.9 Å². The van der Waals surface area contributed by atoms with Crippen LogP contribution < -0.4 is 5.32 Å². The molecule has 0 spiro atoms. The monoisotopic (exact) mass is 354 g/mol. The Hall–Kier alpha value is -0.870. The lowest BCUT2D eigenvalue weighted by atomic mass is 10.2. The molecule has 0 atom stereocenters. The van der Waals surface area contributed by atoms with Crippen molar-refractivity contribution in [3.63, 3.8) is 0 Å². The molecular weight excluding hydrogens is 344 g/mol. The van der Waals surface area contributed by atoms with E-state index in [2.05, 4.69) is 61.2 Å². The van der Waals surface area contributed by atoms with Gasteiger partial charge in [0.25, 0.3) is 0 Å². The van der Waals surface area contributed by atoms with Crippen LogP contribution in [0.25, 0.3) is 0 Å². The maximum Gasteiger partial charge on any atom is 0.0632 e. The highest BCUT2D eigenvalue weighted by molar-refractivity contribution is 9.11. The lowest BCUT2D eigenvalue weighted by molar-refractivity contribution is 1.04. The van der Waals surface area contributed by atoms with Crippen LogP contribution in [0.3, 0.4) is 0 Å². The van der Waals surface area contributed by atoms with E-state index in [-0.39, 0.29) is 0 Å². The zero-order chi connectivity index (χ0) is 12.3. The van der Waals surface area contributed by atoms with Crippen LogP contribution >= 0.6 is 31.9 Å². The molecule has 1 N–H and O–H groups in total. The van der Waals surface area contributed by atoms with E-state index < -0.39 is 0 Å². The molecule has 4 heteroatoms. The van der Waals surface area contributed by atoms with Crippen molar-refractivity contribution in [2.24, 2.45) is 0 Å². The summed E-state index contributed by atoms with van der Waals surface area (Å²) < 4.78 is 2.11. The number of aryl methyl sites for hydroxylation is 1. The standard InChI is InChI=1S/C13H12Br2N2/c1-9-6-11(14)13(12(15)7-9)17-8-10-4-2-3-5-16-10/h2-7,17H,8H2,1H3. The van der Waals surface area contributed by atoms with Crippen molar-refractivity contribution < 1.29 is 0 Å². The molecule has 2 nitrogen and oxygen atoms in total. The van der Waals surface area contributed by atoms with Gasteiger partial charge in [0, 0.05) is 15.1 Å². The smallest absolute Gasteiger partial charge is 0.0632 e. The number of anilines is 1. The Morgan fingerprint density at radius 3 is 2.47 bits per heavy atom. The van der Waals surface area contributed by atoms with Crippen LogP contribution in [-0.4, -0.2) is 4.98 Å². The van der Waals surface area contributed by atoms with Gasteiger partial charge < -0.3 is 5.32 Å². The summed E-state index contributed by atoms with van der Waals surface area (Å²) in [4.78, 5) is 4.28. The van der Waals surface area contributed by atoms with Crippen molar-refractivity contribution in [3.05, 3.63) is 56.7 Å². The fraction of sp³-hybridized carbons (Fsp3) is 0.154.